The predicted octanol–water partition coefficient (Wildman–Crippen LogP) is 6.83. The lowest BCUT2D eigenvalue weighted by molar-refractivity contribution is -0.137. The van der Waals surface area contributed by atoms with Crippen molar-refractivity contribution in [2.75, 3.05) is 5.32 Å². The molecule has 37 heavy (non-hydrogen) atoms. The summed E-state index contributed by atoms with van der Waals surface area (Å²) >= 11 is 11.9. The van der Waals surface area contributed by atoms with Gasteiger partial charge in [0.15, 0.2) is 11.1 Å². The Kier molecular flexibility index (Phi) is 6.74. The van der Waals surface area contributed by atoms with E-state index in [0.29, 0.717) is 11.6 Å². The van der Waals surface area contributed by atoms with Crippen LogP contribution < -0.4 is 10.7 Å². The Morgan fingerprint density at radius 2 is 1.92 bits per heavy atom. The maximum Gasteiger partial charge on any atom is 0.416 e. The maximum atomic E-state index is 13.7. The monoisotopic (exact) mass is 549 g/mol. The Labute approximate surface area is 217 Å². The van der Waals surface area contributed by atoms with Crippen molar-refractivity contribution in [1.29, 1.82) is 5.41 Å². The second-order valence-corrected chi connectivity index (χ2v) is 8.90. The molecule has 1 atom stereocenters. The van der Waals surface area contributed by atoms with Crippen molar-refractivity contribution in [2.45, 2.75) is 19.1 Å². The van der Waals surface area contributed by atoms with Crippen LogP contribution in [-0.2, 0) is 6.18 Å². The van der Waals surface area contributed by atoms with Gasteiger partial charge in [0, 0.05) is 17.2 Å². The molecular formula is C25H16Cl2F3N3O4. The van der Waals surface area contributed by atoms with E-state index in [9.17, 15) is 27.9 Å². The molecular weight excluding hydrogens is 534 g/mol. The number of aromatic nitrogens is 1. The Balaban J connectivity index is 1.92. The summed E-state index contributed by atoms with van der Waals surface area (Å²) in [6.07, 6.45) is -1.93. The lowest BCUT2D eigenvalue weighted by Gasteiger charge is -2.20. The molecule has 190 valence electrons. The average molecular weight is 550 g/mol. The molecule has 1 aliphatic carbocycles. The first-order valence-corrected chi connectivity index (χ1v) is 11.2. The van der Waals surface area contributed by atoms with Crippen molar-refractivity contribution < 1.29 is 27.5 Å². The molecule has 0 bridgehead atoms. The SMILES string of the molecule is C=C1C=C(c2cc(=O)c3cc(C(F)(F)F)cc(C(C)Nc4ccc(Cl)nc4C(=O)O)c3o2)C=C(Cl)C1=N. The minimum atomic E-state index is -4.78. The largest absolute Gasteiger partial charge is 0.476 e. The number of carboxylic acid groups (broad SMARTS) is 1. The van der Waals surface area contributed by atoms with Crippen molar-refractivity contribution in [3.05, 3.63) is 97.6 Å². The number of alkyl halides is 3. The van der Waals surface area contributed by atoms with Crippen LogP contribution in [0, 0.1) is 5.41 Å². The average Bonchev–Trinajstić information content (AvgIpc) is 2.81. The molecule has 0 aliphatic heterocycles. The van der Waals surface area contributed by atoms with Crippen LogP contribution in [0.1, 0.15) is 40.3 Å². The molecule has 3 aromatic rings. The van der Waals surface area contributed by atoms with E-state index in [-0.39, 0.29) is 49.5 Å². The normalized spacial score (nSPS) is 14.9. The Morgan fingerprint density at radius 1 is 1.22 bits per heavy atom. The third kappa shape index (κ3) is 5.16. The van der Waals surface area contributed by atoms with Gasteiger partial charge in [-0.15, -0.1) is 0 Å². The lowest BCUT2D eigenvalue weighted by Crippen LogP contribution is -2.16. The highest BCUT2D eigenvalue weighted by Crippen LogP contribution is 2.37. The molecule has 0 radical (unpaired) electrons. The van der Waals surface area contributed by atoms with E-state index in [0.717, 1.165) is 12.1 Å². The van der Waals surface area contributed by atoms with E-state index < -0.39 is 34.9 Å². The smallest absolute Gasteiger partial charge is 0.416 e. The van der Waals surface area contributed by atoms with Gasteiger partial charge >= 0.3 is 12.1 Å². The standard InChI is InChI=1S/C25H16Cl2F3N3O4/c1-10-5-12(6-16(26)21(10)31)19-9-18(34)15-8-13(25(28,29)30)7-14(23(15)37-19)11(2)32-17-3-4-20(27)33-22(17)24(35)36/h3-9,11,31-32H,1H2,2H3,(H,35,36). The number of halogens is 5. The van der Waals surface area contributed by atoms with E-state index in [1.165, 1.54) is 31.2 Å². The predicted molar refractivity (Wildman–Crippen MR) is 135 cm³/mol. The van der Waals surface area contributed by atoms with Crippen LogP contribution in [0.4, 0.5) is 18.9 Å². The summed E-state index contributed by atoms with van der Waals surface area (Å²) in [6.45, 7) is 5.20. The van der Waals surface area contributed by atoms with Crippen molar-refractivity contribution in [1.82, 2.24) is 4.98 Å². The molecule has 0 saturated carbocycles. The highest BCUT2D eigenvalue weighted by Gasteiger charge is 2.33. The second kappa shape index (κ2) is 9.53. The number of anilines is 1. The molecule has 7 nitrogen and oxygen atoms in total. The topological polar surface area (TPSA) is 116 Å². The zero-order chi connectivity index (χ0) is 27.2. The van der Waals surface area contributed by atoms with Crippen LogP contribution in [-0.4, -0.2) is 21.8 Å². The summed E-state index contributed by atoms with van der Waals surface area (Å²) in [7, 11) is 0. The summed E-state index contributed by atoms with van der Waals surface area (Å²) in [5, 5.41) is 19.8. The molecule has 3 N–H and O–H groups in total. The van der Waals surface area contributed by atoms with Crippen molar-refractivity contribution in [2.24, 2.45) is 0 Å². The Hall–Kier alpha value is -3.89. The number of fused-ring (bicyclic) bond motifs is 1. The van der Waals surface area contributed by atoms with Gasteiger partial charge in [-0.05, 0) is 48.9 Å². The molecule has 2 aromatic heterocycles. The fraction of sp³-hybridized carbons (Fsp3) is 0.120. The van der Waals surface area contributed by atoms with Crippen molar-refractivity contribution in [3.8, 4) is 0 Å². The van der Waals surface area contributed by atoms with Crippen molar-refractivity contribution >= 4 is 57.1 Å². The molecule has 0 fully saturated rings. The summed E-state index contributed by atoms with van der Waals surface area (Å²) in [5.41, 5.74) is -1.95. The molecule has 0 saturated heterocycles. The van der Waals surface area contributed by atoms with Gasteiger partial charge in [0.2, 0.25) is 0 Å². The van der Waals surface area contributed by atoms with E-state index in [1.54, 1.807) is 0 Å². The van der Waals surface area contributed by atoms with Gasteiger partial charge in [0.05, 0.1) is 33.4 Å². The van der Waals surface area contributed by atoms with E-state index >= 15 is 0 Å². The van der Waals surface area contributed by atoms with Crippen LogP contribution in [0.2, 0.25) is 5.15 Å². The fourth-order valence-electron chi connectivity index (χ4n) is 3.74. The van der Waals surface area contributed by atoms with Crippen LogP contribution in [0.5, 0.6) is 0 Å². The first-order chi connectivity index (χ1) is 17.3. The van der Waals surface area contributed by atoms with Gasteiger partial charge in [-0.1, -0.05) is 29.8 Å². The van der Waals surface area contributed by atoms with Gasteiger partial charge in [0.25, 0.3) is 0 Å². The number of nitrogens with zero attached hydrogens (tertiary/aromatic N) is 1. The molecule has 4 rings (SSSR count). The Morgan fingerprint density at radius 3 is 2.54 bits per heavy atom. The quantitative estimate of drug-likeness (QED) is 0.300. The molecule has 1 aromatic carbocycles. The van der Waals surface area contributed by atoms with Gasteiger partial charge in [0.1, 0.15) is 16.5 Å². The first kappa shape index (κ1) is 26.2. The number of hydrogen-bond acceptors (Lipinski definition) is 6. The van der Waals surface area contributed by atoms with E-state index in [2.05, 4.69) is 16.9 Å². The number of allylic oxidation sites excluding steroid dienone is 5. The number of nitrogens with one attached hydrogen (secondary N) is 2. The van der Waals surface area contributed by atoms with Crippen LogP contribution >= 0.6 is 23.2 Å². The van der Waals surface area contributed by atoms with E-state index in [1.807, 2.05) is 0 Å². The molecule has 0 amide bonds. The number of aromatic carboxylic acids is 1. The second-order valence-electron chi connectivity index (χ2n) is 8.11. The minimum Gasteiger partial charge on any atom is -0.476 e. The minimum absolute atomic E-state index is 0.00288. The number of hydrogen-bond donors (Lipinski definition) is 3. The zero-order valence-corrected chi connectivity index (χ0v) is 20.3. The maximum absolute atomic E-state index is 13.7. The molecule has 1 unspecified atom stereocenters. The fourth-order valence-corrected chi connectivity index (χ4v) is 4.13. The number of rotatable bonds is 5. The van der Waals surface area contributed by atoms with Crippen LogP contribution in [0.15, 0.2) is 68.9 Å². The number of benzene rings is 1. The molecule has 0 spiro atoms. The third-order valence-electron chi connectivity index (χ3n) is 5.54. The zero-order valence-electron chi connectivity index (χ0n) is 18.8. The summed E-state index contributed by atoms with van der Waals surface area (Å²) in [5.74, 6) is -1.41. The summed E-state index contributed by atoms with van der Waals surface area (Å²) in [6, 6.07) is 4.22. The Bertz CT molecular complexity index is 1620. The van der Waals surface area contributed by atoms with Crippen molar-refractivity contribution in [3.63, 3.8) is 0 Å². The van der Waals surface area contributed by atoms with Gasteiger partial charge in [-0.2, -0.15) is 13.2 Å². The molecule has 2 heterocycles. The van der Waals surface area contributed by atoms with Gasteiger partial charge < -0.3 is 14.8 Å². The number of carboxylic acids is 1. The third-order valence-corrected chi connectivity index (χ3v) is 6.05. The van der Waals surface area contributed by atoms with Gasteiger partial charge in [-0.25, -0.2) is 9.78 Å². The lowest BCUT2D eigenvalue weighted by atomic mass is 9.97. The number of carbonyl (C=O) groups is 1. The van der Waals surface area contributed by atoms with Crippen LogP contribution in [0.3, 0.4) is 0 Å². The highest BCUT2D eigenvalue weighted by molar-refractivity contribution is 6.47. The van der Waals surface area contributed by atoms with E-state index in [4.69, 9.17) is 33.0 Å². The molecule has 1 aliphatic rings. The molecule has 12 heteroatoms. The highest BCUT2D eigenvalue weighted by atomic mass is 35.5. The first-order valence-electron chi connectivity index (χ1n) is 10.5. The van der Waals surface area contributed by atoms with Gasteiger partial charge in [-0.3, -0.25) is 10.2 Å². The van der Waals surface area contributed by atoms with Crippen LogP contribution in [0.25, 0.3) is 16.5 Å². The summed E-state index contributed by atoms with van der Waals surface area (Å²) < 4.78 is 47.0. The number of pyridine rings is 1. The summed E-state index contributed by atoms with van der Waals surface area (Å²) in [4.78, 5) is 28.3.